The molecular formula is C9H16O2. The van der Waals surface area contributed by atoms with Gasteiger partial charge in [-0.2, -0.15) is 0 Å². The number of carbonyl (C=O) groups excluding carboxylic acids is 1. The van der Waals surface area contributed by atoms with Crippen molar-refractivity contribution in [2.45, 2.75) is 32.6 Å². The maximum atomic E-state index is 11.0. The highest BCUT2D eigenvalue weighted by Gasteiger charge is 2.15. The zero-order valence-corrected chi connectivity index (χ0v) is 7.14. The molecule has 1 aliphatic rings. The molecule has 1 fully saturated rings. The summed E-state index contributed by atoms with van der Waals surface area (Å²) < 4.78 is 5.20. The summed E-state index contributed by atoms with van der Waals surface area (Å²) in [6.07, 6.45) is 3.62. The topological polar surface area (TPSA) is 26.3 Å². The molecular weight excluding hydrogens is 140 g/mol. The van der Waals surface area contributed by atoms with E-state index in [2.05, 4.69) is 0 Å². The first-order valence-corrected chi connectivity index (χ1v) is 4.42. The number of rotatable bonds is 3. The van der Waals surface area contributed by atoms with E-state index in [1.165, 1.54) is 0 Å². The molecule has 2 nitrogen and oxygen atoms in total. The van der Waals surface area contributed by atoms with E-state index in [4.69, 9.17) is 4.74 Å². The van der Waals surface area contributed by atoms with Crippen LogP contribution in [-0.2, 0) is 9.53 Å². The van der Waals surface area contributed by atoms with Crippen molar-refractivity contribution in [3.8, 4) is 0 Å². The average Bonchev–Trinajstić information content (AvgIpc) is 2.06. The van der Waals surface area contributed by atoms with Gasteiger partial charge in [-0.25, -0.2) is 0 Å². The summed E-state index contributed by atoms with van der Waals surface area (Å²) in [6.45, 7) is 3.63. The van der Waals surface area contributed by atoms with Gasteiger partial charge in [0.05, 0.1) is 0 Å². The van der Waals surface area contributed by atoms with Crippen molar-refractivity contribution in [3.63, 3.8) is 0 Å². The first-order valence-electron chi connectivity index (χ1n) is 4.42. The van der Waals surface area contributed by atoms with Gasteiger partial charge in [-0.3, -0.25) is 4.79 Å². The van der Waals surface area contributed by atoms with Gasteiger partial charge in [-0.05, 0) is 18.8 Å². The molecule has 1 saturated heterocycles. The molecule has 0 aliphatic carbocycles. The minimum absolute atomic E-state index is 0.400. The minimum Gasteiger partial charge on any atom is -0.381 e. The molecule has 0 aromatic carbocycles. The van der Waals surface area contributed by atoms with Gasteiger partial charge in [0, 0.05) is 26.1 Å². The molecule has 0 unspecified atom stereocenters. The third kappa shape index (κ3) is 3.02. The van der Waals surface area contributed by atoms with Gasteiger partial charge in [0.15, 0.2) is 0 Å². The quantitative estimate of drug-likeness (QED) is 0.622. The Bertz CT molecular complexity index is 126. The van der Waals surface area contributed by atoms with Crippen LogP contribution in [-0.4, -0.2) is 19.0 Å². The molecule has 1 heterocycles. The van der Waals surface area contributed by atoms with Crippen molar-refractivity contribution in [2.24, 2.45) is 5.92 Å². The van der Waals surface area contributed by atoms with Crippen LogP contribution in [0.1, 0.15) is 32.6 Å². The summed E-state index contributed by atoms with van der Waals surface area (Å²) in [7, 11) is 0. The molecule has 2 heteroatoms. The van der Waals surface area contributed by atoms with E-state index in [1.54, 1.807) is 0 Å². The fourth-order valence-electron chi connectivity index (χ4n) is 1.42. The SMILES string of the molecule is CCC(=O)CC1CCOCC1. The smallest absolute Gasteiger partial charge is 0.132 e. The Labute approximate surface area is 67.9 Å². The summed E-state index contributed by atoms with van der Waals surface area (Å²) in [5, 5.41) is 0. The lowest BCUT2D eigenvalue weighted by Crippen LogP contribution is -2.18. The van der Waals surface area contributed by atoms with Gasteiger partial charge in [0.25, 0.3) is 0 Å². The first-order chi connectivity index (χ1) is 5.33. The van der Waals surface area contributed by atoms with Gasteiger partial charge in [-0.1, -0.05) is 6.92 Å². The molecule has 1 rings (SSSR count). The Kier molecular flexibility index (Phi) is 3.57. The zero-order chi connectivity index (χ0) is 8.10. The summed E-state index contributed by atoms with van der Waals surface area (Å²) in [6, 6.07) is 0. The Morgan fingerprint density at radius 2 is 2.09 bits per heavy atom. The second kappa shape index (κ2) is 4.50. The van der Waals surface area contributed by atoms with Crippen molar-refractivity contribution >= 4 is 5.78 Å². The highest BCUT2D eigenvalue weighted by Crippen LogP contribution is 2.18. The van der Waals surface area contributed by atoms with Crippen molar-refractivity contribution in [3.05, 3.63) is 0 Å². The van der Waals surface area contributed by atoms with Crippen LogP contribution in [0.4, 0.5) is 0 Å². The fraction of sp³-hybridized carbons (Fsp3) is 0.889. The third-order valence-corrected chi connectivity index (χ3v) is 2.25. The standard InChI is InChI=1S/C9H16O2/c1-2-9(10)7-8-3-5-11-6-4-8/h8H,2-7H2,1H3. The van der Waals surface area contributed by atoms with Crippen molar-refractivity contribution in [2.75, 3.05) is 13.2 Å². The van der Waals surface area contributed by atoms with Crippen LogP contribution in [0.15, 0.2) is 0 Å². The molecule has 11 heavy (non-hydrogen) atoms. The summed E-state index contributed by atoms with van der Waals surface area (Å²) in [4.78, 5) is 11.0. The number of ketones is 1. The van der Waals surface area contributed by atoms with Crippen LogP contribution in [0.2, 0.25) is 0 Å². The molecule has 0 amide bonds. The van der Waals surface area contributed by atoms with Gasteiger partial charge >= 0.3 is 0 Å². The molecule has 64 valence electrons. The van der Waals surface area contributed by atoms with Crippen LogP contribution in [0.3, 0.4) is 0 Å². The molecule has 0 spiro atoms. The molecule has 0 atom stereocenters. The highest BCUT2D eigenvalue weighted by atomic mass is 16.5. The second-order valence-electron chi connectivity index (χ2n) is 3.15. The first kappa shape index (κ1) is 8.72. The monoisotopic (exact) mass is 156 g/mol. The number of hydrogen-bond donors (Lipinski definition) is 0. The summed E-state index contributed by atoms with van der Waals surface area (Å²) in [5.41, 5.74) is 0. The molecule has 0 saturated carbocycles. The van der Waals surface area contributed by atoms with Crippen LogP contribution < -0.4 is 0 Å². The van der Waals surface area contributed by atoms with E-state index in [0.29, 0.717) is 18.1 Å². The van der Waals surface area contributed by atoms with E-state index < -0.39 is 0 Å². The molecule has 0 N–H and O–H groups in total. The van der Waals surface area contributed by atoms with Crippen molar-refractivity contribution in [1.29, 1.82) is 0 Å². The van der Waals surface area contributed by atoms with Crippen LogP contribution in [0.5, 0.6) is 0 Å². The van der Waals surface area contributed by atoms with Crippen molar-refractivity contribution in [1.82, 2.24) is 0 Å². The second-order valence-corrected chi connectivity index (χ2v) is 3.15. The maximum absolute atomic E-state index is 11.0. The minimum atomic E-state index is 0.400. The van der Waals surface area contributed by atoms with Crippen molar-refractivity contribution < 1.29 is 9.53 Å². The van der Waals surface area contributed by atoms with E-state index >= 15 is 0 Å². The summed E-state index contributed by atoms with van der Waals surface area (Å²) in [5.74, 6) is 1.01. The van der Waals surface area contributed by atoms with E-state index in [9.17, 15) is 4.79 Å². The van der Waals surface area contributed by atoms with Crippen LogP contribution in [0.25, 0.3) is 0 Å². The maximum Gasteiger partial charge on any atom is 0.132 e. The molecule has 0 bridgehead atoms. The summed E-state index contributed by atoms with van der Waals surface area (Å²) >= 11 is 0. The van der Waals surface area contributed by atoms with E-state index in [-0.39, 0.29) is 0 Å². The Morgan fingerprint density at radius 1 is 1.45 bits per heavy atom. The van der Waals surface area contributed by atoms with Gasteiger partial charge in [-0.15, -0.1) is 0 Å². The zero-order valence-electron chi connectivity index (χ0n) is 7.14. The highest BCUT2D eigenvalue weighted by molar-refractivity contribution is 5.78. The predicted molar refractivity (Wildman–Crippen MR) is 43.5 cm³/mol. The number of Topliss-reactive ketones (excluding diaryl/α,β-unsaturated/α-hetero) is 1. The molecule has 0 aromatic heterocycles. The number of ether oxygens (including phenoxy) is 1. The largest absolute Gasteiger partial charge is 0.381 e. The van der Waals surface area contributed by atoms with Crippen LogP contribution in [0, 0.1) is 5.92 Å². The van der Waals surface area contributed by atoms with Gasteiger partial charge in [0.2, 0.25) is 0 Å². The normalized spacial score (nSPS) is 20.1. The third-order valence-electron chi connectivity index (χ3n) is 2.25. The lowest BCUT2D eigenvalue weighted by Gasteiger charge is -2.20. The lowest BCUT2D eigenvalue weighted by molar-refractivity contribution is -0.120. The van der Waals surface area contributed by atoms with Crippen LogP contribution >= 0.6 is 0 Å². The van der Waals surface area contributed by atoms with Gasteiger partial charge < -0.3 is 4.74 Å². The molecule has 0 aromatic rings. The van der Waals surface area contributed by atoms with Gasteiger partial charge in [0.1, 0.15) is 5.78 Å². The van der Waals surface area contributed by atoms with E-state index in [1.807, 2.05) is 6.92 Å². The Balaban J connectivity index is 2.19. The Hall–Kier alpha value is -0.370. The lowest BCUT2D eigenvalue weighted by atomic mass is 9.94. The fourth-order valence-corrected chi connectivity index (χ4v) is 1.42. The Morgan fingerprint density at radius 3 is 2.64 bits per heavy atom. The number of carbonyl (C=O) groups is 1. The number of hydrogen-bond acceptors (Lipinski definition) is 2. The molecule has 1 aliphatic heterocycles. The van der Waals surface area contributed by atoms with E-state index in [0.717, 1.165) is 32.5 Å². The molecule has 0 radical (unpaired) electrons. The predicted octanol–water partition coefficient (Wildman–Crippen LogP) is 1.78. The average molecular weight is 156 g/mol.